The predicted octanol–water partition coefficient (Wildman–Crippen LogP) is 3.47. The van der Waals surface area contributed by atoms with Gasteiger partial charge in [0.25, 0.3) is 5.56 Å². The lowest BCUT2D eigenvalue weighted by molar-refractivity contribution is -0.137. The van der Waals surface area contributed by atoms with E-state index in [2.05, 4.69) is 20.5 Å². The smallest absolute Gasteiger partial charge is 0.325 e. The van der Waals surface area contributed by atoms with E-state index in [0.29, 0.717) is 27.9 Å². The van der Waals surface area contributed by atoms with E-state index in [1.165, 1.54) is 22.6 Å². The van der Waals surface area contributed by atoms with Crippen LogP contribution in [0.25, 0.3) is 5.65 Å². The summed E-state index contributed by atoms with van der Waals surface area (Å²) in [5, 5.41) is 10.9. The molecule has 0 saturated heterocycles. The first kappa shape index (κ1) is 23.5. The minimum Gasteiger partial charge on any atom is -0.325 e. The van der Waals surface area contributed by atoms with Crippen molar-refractivity contribution in [2.45, 2.75) is 24.7 Å². The van der Waals surface area contributed by atoms with Gasteiger partial charge in [0.05, 0.1) is 17.0 Å². The molecule has 0 saturated carbocycles. The summed E-state index contributed by atoms with van der Waals surface area (Å²) in [5.74, 6) is -0.292. The number of benzene rings is 1. The topological polar surface area (TPSA) is 94.2 Å². The van der Waals surface area contributed by atoms with Crippen LogP contribution in [0.1, 0.15) is 22.6 Å². The maximum absolute atomic E-state index is 13.1. The highest BCUT2D eigenvalue weighted by atomic mass is 32.2. The summed E-state index contributed by atoms with van der Waals surface area (Å²) in [6.45, 7) is 1.75. The average Bonchev–Trinajstić information content (AvgIpc) is 3.14. The minimum atomic E-state index is -4.58. The number of alkyl halides is 3. The van der Waals surface area contributed by atoms with E-state index >= 15 is 0 Å². The third-order valence-electron chi connectivity index (χ3n) is 5.13. The normalized spacial score (nSPS) is 11.7. The van der Waals surface area contributed by atoms with E-state index in [4.69, 9.17) is 0 Å². The lowest BCUT2D eigenvalue weighted by atomic mass is 10.1. The summed E-state index contributed by atoms with van der Waals surface area (Å²) in [5.41, 5.74) is 0.163. The zero-order chi connectivity index (χ0) is 24.5. The van der Waals surface area contributed by atoms with Crippen molar-refractivity contribution in [2.24, 2.45) is 7.05 Å². The van der Waals surface area contributed by atoms with Crippen LogP contribution in [-0.4, -0.2) is 35.8 Å². The molecule has 1 amide bonds. The number of nitrogens with one attached hydrogen (secondary N) is 1. The van der Waals surface area contributed by atoms with Crippen molar-refractivity contribution in [3.8, 4) is 0 Å². The highest BCUT2D eigenvalue weighted by Gasteiger charge is 2.33. The highest BCUT2D eigenvalue weighted by molar-refractivity contribution is 7.99. The largest absolute Gasteiger partial charge is 0.418 e. The molecule has 0 radical (unpaired) electrons. The van der Waals surface area contributed by atoms with Crippen molar-refractivity contribution < 1.29 is 18.0 Å². The van der Waals surface area contributed by atoms with Gasteiger partial charge in [-0.25, -0.2) is 4.98 Å². The number of carbonyl (C=O) groups excluding carboxylic acids is 1. The van der Waals surface area contributed by atoms with Crippen molar-refractivity contribution in [3.05, 3.63) is 81.7 Å². The molecule has 4 rings (SSSR count). The fourth-order valence-corrected chi connectivity index (χ4v) is 4.11. The Kier molecular flexibility index (Phi) is 6.42. The monoisotopic (exact) mass is 488 g/mol. The van der Waals surface area contributed by atoms with Gasteiger partial charge < -0.3 is 9.88 Å². The molecule has 1 aromatic carbocycles. The number of hydrogen-bond acceptors (Lipinski definition) is 6. The number of pyridine rings is 1. The number of nitrogens with zero attached hydrogens (tertiary/aromatic N) is 5. The van der Waals surface area contributed by atoms with Crippen LogP contribution in [0, 0.1) is 6.92 Å². The molecule has 0 fully saturated rings. The van der Waals surface area contributed by atoms with E-state index in [1.807, 2.05) is 0 Å². The van der Waals surface area contributed by atoms with Crippen LogP contribution in [0.3, 0.4) is 0 Å². The van der Waals surface area contributed by atoms with Crippen LogP contribution in [0.5, 0.6) is 0 Å². The van der Waals surface area contributed by atoms with Gasteiger partial charge in [-0.05, 0) is 31.2 Å². The summed E-state index contributed by atoms with van der Waals surface area (Å²) in [7, 11) is 1.69. The molecule has 176 valence electrons. The fraction of sp³-hybridized carbons (Fsp3) is 0.227. The predicted molar refractivity (Wildman–Crippen MR) is 121 cm³/mol. The number of halogens is 3. The number of aryl methyl sites for hydroxylation is 1. The van der Waals surface area contributed by atoms with Gasteiger partial charge in [-0.15, -0.1) is 10.2 Å². The van der Waals surface area contributed by atoms with E-state index in [-0.39, 0.29) is 23.4 Å². The van der Waals surface area contributed by atoms with Crippen LogP contribution >= 0.6 is 11.8 Å². The molecule has 12 heteroatoms. The maximum Gasteiger partial charge on any atom is 0.418 e. The number of amides is 1. The molecule has 0 aliphatic carbocycles. The number of carbonyl (C=O) groups is 1. The third kappa shape index (κ3) is 4.81. The lowest BCUT2D eigenvalue weighted by Gasteiger charge is -2.13. The standard InChI is InChI=1S/C22H19F3N6O2S/c1-13-14(20(33)31-10-6-5-9-17(31)26-13)11-18-28-29-21(30(18)2)34-12-19(32)27-16-8-4-3-7-15(16)22(23,24)25/h3-10H,11-12H2,1-2H3,(H,27,32). The molecule has 0 atom stereocenters. The van der Waals surface area contributed by atoms with Crippen molar-refractivity contribution in [2.75, 3.05) is 11.1 Å². The number of fused-ring (bicyclic) bond motifs is 1. The maximum atomic E-state index is 13.1. The molecule has 3 aromatic heterocycles. The van der Waals surface area contributed by atoms with Crippen molar-refractivity contribution in [3.63, 3.8) is 0 Å². The molecule has 4 aromatic rings. The van der Waals surface area contributed by atoms with Crippen molar-refractivity contribution in [1.29, 1.82) is 0 Å². The first-order valence-corrected chi connectivity index (χ1v) is 11.1. The van der Waals surface area contributed by atoms with Crippen LogP contribution in [0.4, 0.5) is 18.9 Å². The van der Waals surface area contributed by atoms with Gasteiger partial charge in [0.1, 0.15) is 11.5 Å². The molecule has 0 bridgehead atoms. The van der Waals surface area contributed by atoms with Gasteiger partial charge in [0, 0.05) is 30.9 Å². The van der Waals surface area contributed by atoms with E-state index in [0.717, 1.165) is 17.8 Å². The average molecular weight is 488 g/mol. The minimum absolute atomic E-state index is 0.169. The van der Waals surface area contributed by atoms with Gasteiger partial charge in [0.2, 0.25) is 5.91 Å². The Labute approximate surface area is 195 Å². The Hall–Kier alpha value is -3.67. The van der Waals surface area contributed by atoms with Gasteiger partial charge in [-0.3, -0.25) is 14.0 Å². The molecule has 0 aliphatic rings. The number of anilines is 1. The third-order valence-corrected chi connectivity index (χ3v) is 6.15. The Morgan fingerprint density at radius 2 is 1.85 bits per heavy atom. The van der Waals surface area contributed by atoms with Crippen LogP contribution in [-0.2, 0) is 24.4 Å². The van der Waals surface area contributed by atoms with Crippen LogP contribution in [0.15, 0.2) is 58.6 Å². The number of hydrogen-bond donors (Lipinski definition) is 1. The quantitative estimate of drug-likeness (QED) is 0.418. The van der Waals surface area contributed by atoms with Gasteiger partial charge in [0.15, 0.2) is 5.16 Å². The Morgan fingerprint density at radius 1 is 1.12 bits per heavy atom. The second kappa shape index (κ2) is 9.29. The van der Waals surface area contributed by atoms with E-state index in [1.54, 1.807) is 42.9 Å². The zero-order valence-electron chi connectivity index (χ0n) is 18.1. The summed E-state index contributed by atoms with van der Waals surface area (Å²) in [4.78, 5) is 29.6. The summed E-state index contributed by atoms with van der Waals surface area (Å²) in [6, 6.07) is 10.1. The second-order valence-electron chi connectivity index (χ2n) is 7.42. The van der Waals surface area contributed by atoms with Gasteiger partial charge in [-0.1, -0.05) is 30.0 Å². The van der Waals surface area contributed by atoms with E-state index < -0.39 is 17.6 Å². The van der Waals surface area contributed by atoms with Gasteiger partial charge in [-0.2, -0.15) is 13.2 Å². The summed E-state index contributed by atoms with van der Waals surface area (Å²) < 4.78 is 42.5. The molecule has 0 spiro atoms. The highest BCUT2D eigenvalue weighted by Crippen LogP contribution is 2.34. The summed E-state index contributed by atoms with van der Waals surface area (Å²) in [6.07, 6.45) is -2.75. The van der Waals surface area contributed by atoms with Crippen LogP contribution in [0.2, 0.25) is 0 Å². The number of aromatic nitrogens is 5. The Morgan fingerprint density at radius 3 is 2.62 bits per heavy atom. The number of thioether (sulfide) groups is 1. The van der Waals surface area contributed by atoms with Gasteiger partial charge >= 0.3 is 6.18 Å². The molecule has 0 unspecified atom stereocenters. The molecular formula is C22H19F3N6O2S. The second-order valence-corrected chi connectivity index (χ2v) is 8.37. The Balaban J connectivity index is 1.47. The lowest BCUT2D eigenvalue weighted by Crippen LogP contribution is -2.22. The van der Waals surface area contributed by atoms with Crippen molar-refractivity contribution in [1.82, 2.24) is 24.1 Å². The fourth-order valence-electron chi connectivity index (χ4n) is 3.38. The SMILES string of the molecule is Cc1nc2ccccn2c(=O)c1Cc1nnc(SCC(=O)Nc2ccccc2C(F)(F)F)n1C. The molecule has 3 heterocycles. The first-order valence-electron chi connectivity index (χ1n) is 10.1. The van der Waals surface area contributed by atoms with Crippen molar-refractivity contribution >= 4 is 29.0 Å². The molecular weight excluding hydrogens is 469 g/mol. The Bertz CT molecular complexity index is 1430. The number of para-hydroxylation sites is 1. The first-order chi connectivity index (χ1) is 16.1. The molecule has 34 heavy (non-hydrogen) atoms. The molecule has 8 nitrogen and oxygen atoms in total. The van der Waals surface area contributed by atoms with E-state index in [9.17, 15) is 22.8 Å². The number of rotatable bonds is 6. The molecule has 0 aliphatic heterocycles. The summed E-state index contributed by atoms with van der Waals surface area (Å²) >= 11 is 1.03. The molecule has 1 N–H and O–H groups in total. The van der Waals surface area contributed by atoms with Crippen LogP contribution < -0.4 is 10.9 Å². The zero-order valence-corrected chi connectivity index (χ0v) is 18.9.